The van der Waals surface area contributed by atoms with E-state index in [0.29, 0.717) is 5.02 Å². The highest BCUT2D eigenvalue weighted by atomic mass is 35.5. The van der Waals surface area contributed by atoms with Crippen LogP contribution in [0.5, 0.6) is 0 Å². The smallest absolute Gasteiger partial charge is 0.209 e. The number of sulfone groups is 1. The number of hydrogen-bond donors (Lipinski definition) is 0. The van der Waals surface area contributed by atoms with Crippen LogP contribution in [0.2, 0.25) is 10.0 Å². The fraction of sp³-hybridized carbons (Fsp3) is 0. The molecule has 0 aliphatic carbocycles. The first-order valence-electron chi connectivity index (χ1n) is 6.14. The Hall–Kier alpha value is -1.69. The fourth-order valence-electron chi connectivity index (χ4n) is 2.06. The molecule has 112 valence electrons. The normalized spacial score (nSPS) is 11.8. The van der Waals surface area contributed by atoms with Crippen molar-refractivity contribution in [2.24, 2.45) is 0 Å². The van der Waals surface area contributed by atoms with Crippen molar-refractivity contribution in [1.82, 2.24) is 4.98 Å². The van der Waals surface area contributed by atoms with Crippen LogP contribution in [0.3, 0.4) is 0 Å². The zero-order valence-electron chi connectivity index (χ0n) is 10.9. The third-order valence-corrected chi connectivity index (χ3v) is 5.72. The second-order valence-electron chi connectivity index (χ2n) is 4.53. The third kappa shape index (κ3) is 2.45. The molecule has 3 rings (SSSR count). The van der Waals surface area contributed by atoms with Crippen molar-refractivity contribution in [3.05, 3.63) is 64.5 Å². The van der Waals surface area contributed by atoms with E-state index < -0.39 is 15.7 Å². The van der Waals surface area contributed by atoms with E-state index >= 15 is 0 Å². The van der Waals surface area contributed by atoms with Crippen molar-refractivity contribution >= 4 is 43.9 Å². The van der Waals surface area contributed by atoms with Gasteiger partial charge >= 0.3 is 0 Å². The van der Waals surface area contributed by atoms with Crippen molar-refractivity contribution in [3.63, 3.8) is 0 Å². The van der Waals surface area contributed by atoms with Crippen LogP contribution in [-0.2, 0) is 9.84 Å². The lowest BCUT2D eigenvalue weighted by atomic mass is 10.2. The minimum Gasteiger partial charge on any atom is -0.252 e. The first-order valence-corrected chi connectivity index (χ1v) is 8.38. The van der Waals surface area contributed by atoms with Gasteiger partial charge in [-0.25, -0.2) is 12.8 Å². The first kappa shape index (κ1) is 15.2. The molecule has 7 heteroatoms. The third-order valence-electron chi connectivity index (χ3n) is 3.16. The summed E-state index contributed by atoms with van der Waals surface area (Å²) in [4.78, 5) is 3.75. The van der Waals surface area contributed by atoms with Gasteiger partial charge in [-0.05, 0) is 30.3 Å². The number of nitrogens with zero attached hydrogens (tertiary/aromatic N) is 1. The van der Waals surface area contributed by atoms with Crippen LogP contribution in [0, 0.1) is 5.82 Å². The molecular weight excluding hydrogens is 348 g/mol. The maximum absolute atomic E-state index is 13.7. The number of hydrogen-bond acceptors (Lipinski definition) is 3. The molecule has 0 fully saturated rings. The summed E-state index contributed by atoms with van der Waals surface area (Å²) in [6, 6.07) is 9.90. The van der Waals surface area contributed by atoms with Gasteiger partial charge < -0.3 is 0 Å². The van der Waals surface area contributed by atoms with Crippen LogP contribution < -0.4 is 0 Å². The Morgan fingerprint density at radius 3 is 2.36 bits per heavy atom. The highest BCUT2D eigenvalue weighted by Gasteiger charge is 2.23. The highest BCUT2D eigenvalue weighted by Crippen LogP contribution is 2.33. The standard InChI is InChI=1S/C15H8Cl2FNO2S/c16-9-4-6-10(7-5-9)22(20,21)13-8-19-15-11(14(13)17)2-1-3-12(15)18/h1-8H. The van der Waals surface area contributed by atoms with Crippen LogP contribution in [0.25, 0.3) is 10.9 Å². The molecular formula is C15H8Cl2FNO2S. The van der Waals surface area contributed by atoms with E-state index in [1.165, 1.54) is 42.5 Å². The van der Waals surface area contributed by atoms with Gasteiger partial charge in [0.15, 0.2) is 0 Å². The number of rotatable bonds is 2. The SMILES string of the molecule is O=S(=O)(c1ccc(Cl)cc1)c1cnc2c(F)cccc2c1Cl. The molecule has 1 heterocycles. The summed E-state index contributed by atoms with van der Waals surface area (Å²) in [5.41, 5.74) is 0.0301. The van der Waals surface area contributed by atoms with Crippen LogP contribution in [0.1, 0.15) is 0 Å². The molecule has 0 amide bonds. The Balaban J connectivity index is 2.26. The number of aromatic nitrogens is 1. The molecule has 0 atom stereocenters. The lowest BCUT2D eigenvalue weighted by Gasteiger charge is -2.09. The number of halogens is 3. The monoisotopic (exact) mass is 355 g/mol. The second kappa shape index (κ2) is 5.50. The van der Waals surface area contributed by atoms with Crippen LogP contribution in [-0.4, -0.2) is 13.4 Å². The van der Waals surface area contributed by atoms with E-state index in [0.717, 1.165) is 6.20 Å². The van der Waals surface area contributed by atoms with Gasteiger partial charge in [0.05, 0.1) is 9.92 Å². The summed E-state index contributed by atoms with van der Waals surface area (Å²) in [5, 5.41) is 0.611. The van der Waals surface area contributed by atoms with Gasteiger partial charge in [0.2, 0.25) is 9.84 Å². The number of benzene rings is 2. The molecule has 0 bridgehead atoms. The Morgan fingerprint density at radius 1 is 1.00 bits per heavy atom. The average Bonchev–Trinajstić information content (AvgIpc) is 2.49. The largest absolute Gasteiger partial charge is 0.252 e. The number of para-hydroxylation sites is 1. The van der Waals surface area contributed by atoms with Crippen molar-refractivity contribution < 1.29 is 12.8 Å². The van der Waals surface area contributed by atoms with Gasteiger partial charge in [0.25, 0.3) is 0 Å². The molecule has 0 aliphatic rings. The molecule has 0 saturated heterocycles. The Bertz CT molecular complexity index is 973. The molecule has 3 nitrogen and oxygen atoms in total. The fourth-order valence-corrected chi connectivity index (χ4v) is 3.98. The van der Waals surface area contributed by atoms with Crippen molar-refractivity contribution in [3.8, 4) is 0 Å². The average molecular weight is 356 g/mol. The molecule has 1 aromatic heterocycles. The first-order chi connectivity index (χ1) is 10.4. The van der Waals surface area contributed by atoms with Crippen molar-refractivity contribution in [1.29, 1.82) is 0 Å². The van der Waals surface area contributed by atoms with E-state index in [9.17, 15) is 12.8 Å². The number of fused-ring (bicyclic) bond motifs is 1. The molecule has 0 aliphatic heterocycles. The number of pyridine rings is 1. The maximum Gasteiger partial charge on any atom is 0.209 e. The molecule has 0 saturated carbocycles. The van der Waals surface area contributed by atoms with Gasteiger partial charge in [0.1, 0.15) is 16.2 Å². The molecule has 0 unspecified atom stereocenters. The molecule has 22 heavy (non-hydrogen) atoms. The summed E-state index contributed by atoms with van der Waals surface area (Å²) >= 11 is 11.9. The Morgan fingerprint density at radius 2 is 1.68 bits per heavy atom. The summed E-state index contributed by atoms with van der Waals surface area (Å²) < 4.78 is 38.9. The van der Waals surface area contributed by atoms with E-state index in [2.05, 4.69) is 4.98 Å². The van der Waals surface area contributed by atoms with Crippen molar-refractivity contribution in [2.45, 2.75) is 9.79 Å². The minimum absolute atomic E-state index is 0.0301. The zero-order valence-corrected chi connectivity index (χ0v) is 13.3. The van der Waals surface area contributed by atoms with Gasteiger partial charge in [-0.15, -0.1) is 0 Å². The lowest BCUT2D eigenvalue weighted by molar-refractivity contribution is 0.595. The summed E-state index contributed by atoms with van der Waals surface area (Å²) in [6.45, 7) is 0. The van der Waals surface area contributed by atoms with E-state index in [4.69, 9.17) is 23.2 Å². The minimum atomic E-state index is -3.87. The summed E-state index contributed by atoms with van der Waals surface area (Å²) in [6.07, 6.45) is 1.07. The van der Waals surface area contributed by atoms with Gasteiger partial charge in [-0.3, -0.25) is 4.98 Å². The predicted octanol–water partition coefficient (Wildman–Crippen LogP) is 4.51. The van der Waals surface area contributed by atoms with Gasteiger partial charge in [0, 0.05) is 16.6 Å². The van der Waals surface area contributed by atoms with Crippen LogP contribution >= 0.6 is 23.2 Å². The van der Waals surface area contributed by atoms with Crippen molar-refractivity contribution in [2.75, 3.05) is 0 Å². The molecule has 0 spiro atoms. The van der Waals surface area contributed by atoms with Crippen LogP contribution in [0.15, 0.2) is 58.5 Å². The molecule has 3 aromatic rings. The summed E-state index contributed by atoms with van der Waals surface area (Å²) in [7, 11) is -3.87. The Kier molecular flexibility index (Phi) is 3.80. The maximum atomic E-state index is 13.7. The predicted molar refractivity (Wildman–Crippen MR) is 83.6 cm³/mol. The Labute approximate surface area is 136 Å². The van der Waals surface area contributed by atoms with E-state index in [-0.39, 0.29) is 25.7 Å². The lowest BCUT2D eigenvalue weighted by Crippen LogP contribution is -2.04. The van der Waals surface area contributed by atoms with E-state index in [1.807, 2.05) is 0 Å². The topological polar surface area (TPSA) is 47.0 Å². The highest BCUT2D eigenvalue weighted by molar-refractivity contribution is 7.91. The molecule has 0 N–H and O–H groups in total. The quantitative estimate of drug-likeness (QED) is 0.679. The second-order valence-corrected chi connectivity index (χ2v) is 7.26. The molecule has 0 radical (unpaired) electrons. The van der Waals surface area contributed by atoms with Gasteiger partial charge in [-0.2, -0.15) is 0 Å². The summed E-state index contributed by atoms with van der Waals surface area (Å²) in [5.74, 6) is -0.560. The van der Waals surface area contributed by atoms with E-state index in [1.54, 1.807) is 0 Å². The zero-order chi connectivity index (χ0) is 15.9. The van der Waals surface area contributed by atoms with Gasteiger partial charge in [-0.1, -0.05) is 35.3 Å². The molecule has 2 aromatic carbocycles. The van der Waals surface area contributed by atoms with Crippen LogP contribution in [0.4, 0.5) is 4.39 Å².